The minimum Gasteiger partial charge on any atom is -0.380 e. The maximum absolute atomic E-state index is 12.0. The molecule has 0 saturated carbocycles. The number of nitrogens with one attached hydrogen (secondary N) is 1. The normalized spacial score (nSPS) is 12.0. The Kier molecular flexibility index (Phi) is 6.48. The highest BCUT2D eigenvalue weighted by atomic mass is 32.2. The summed E-state index contributed by atoms with van der Waals surface area (Å²) in [6.07, 6.45) is 0.991. The third-order valence-corrected chi connectivity index (χ3v) is 4.38. The molecule has 0 aliphatic heterocycles. The second kappa shape index (κ2) is 7.62. The Morgan fingerprint density at radius 2 is 1.89 bits per heavy atom. The predicted molar refractivity (Wildman–Crippen MR) is 76.6 cm³/mol. The molecule has 0 fully saturated rings. The summed E-state index contributed by atoms with van der Waals surface area (Å²) in [5, 5.41) is 0. The highest BCUT2D eigenvalue weighted by molar-refractivity contribution is 7.89. The summed E-state index contributed by atoms with van der Waals surface area (Å²) < 4.78 is 32.0. The average Bonchev–Trinajstić information content (AvgIpc) is 2.33. The number of sulfonamides is 1. The Hall–Kier alpha value is -0.910. The SMILES string of the molecule is Cc1ccccc1S(=O)(=O)NCCOCCC(C)C. The van der Waals surface area contributed by atoms with E-state index >= 15 is 0 Å². The summed E-state index contributed by atoms with van der Waals surface area (Å²) in [7, 11) is -3.42. The van der Waals surface area contributed by atoms with Crippen molar-refractivity contribution in [3.05, 3.63) is 29.8 Å². The third kappa shape index (κ3) is 5.72. The van der Waals surface area contributed by atoms with Crippen molar-refractivity contribution in [2.45, 2.75) is 32.1 Å². The first-order valence-corrected chi connectivity index (χ1v) is 8.05. The van der Waals surface area contributed by atoms with Crippen LogP contribution in [0.15, 0.2) is 29.2 Å². The minimum atomic E-state index is -3.42. The molecule has 19 heavy (non-hydrogen) atoms. The fourth-order valence-electron chi connectivity index (χ4n) is 1.60. The number of aryl methyl sites for hydroxylation is 1. The predicted octanol–water partition coefficient (Wildman–Crippen LogP) is 2.34. The van der Waals surface area contributed by atoms with Gasteiger partial charge in [-0.2, -0.15) is 0 Å². The van der Waals surface area contributed by atoms with Crippen molar-refractivity contribution < 1.29 is 13.2 Å². The van der Waals surface area contributed by atoms with Crippen LogP contribution < -0.4 is 4.72 Å². The van der Waals surface area contributed by atoms with Gasteiger partial charge in [0.25, 0.3) is 0 Å². The van der Waals surface area contributed by atoms with E-state index in [-0.39, 0.29) is 0 Å². The van der Waals surface area contributed by atoms with Crippen molar-refractivity contribution in [3.8, 4) is 0 Å². The van der Waals surface area contributed by atoms with Gasteiger partial charge in [-0.1, -0.05) is 32.0 Å². The van der Waals surface area contributed by atoms with Crippen LogP contribution in [-0.4, -0.2) is 28.2 Å². The van der Waals surface area contributed by atoms with Crippen LogP contribution in [0.1, 0.15) is 25.8 Å². The van der Waals surface area contributed by atoms with Crippen LogP contribution in [0.4, 0.5) is 0 Å². The van der Waals surface area contributed by atoms with Gasteiger partial charge in [-0.05, 0) is 30.9 Å². The molecule has 0 atom stereocenters. The molecule has 0 bridgehead atoms. The molecule has 0 heterocycles. The third-order valence-electron chi connectivity index (χ3n) is 2.76. The number of hydrogen-bond acceptors (Lipinski definition) is 3. The van der Waals surface area contributed by atoms with Gasteiger partial charge in [-0.15, -0.1) is 0 Å². The van der Waals surface area contributed by atoms with Crippen LogP contribution >= 0.6 is 0 Å². The van der Waals surface area contributed by atoms with Crippen molar-refractivity contribution in [2.75, 3.05) is 19.8 Å². The van der Waals surface area contributed by atoms with Crippen LogP contribution in [0.25, 0.3) is 0 Å². The molecule has 0 radical (unpaired) electrons. The Morgan fingerprint density at radius 3 is 2.53 bits per heavy atom. The molecule has 4 nitrogen and oxygen atoms in total. The van der Waals surface area contributed by atoms with Crippen LogP contribution in [0.2, 0.25) is 0 Å². The molecule has 5 heteroatoms. The van der Waals surface area contributed by atoms with Gasteiger partial charge >= 0.3 is 0 Å². The summed E-state index contributed by atoms with van der Waals surface area (Å²) in [5.41, 5.74) is 0.746. The summed E-state index contributed by atoms with van der Waals surface area (Å²) in [5.74, 6) is 0.601. The molecule has 0 aromatic heterocycles. The zero-order valence-electron chi connectivity index (χ0n) is 11.8. The van der Waals surface area contributed by atoms with Crippen molar-refractivity contribution in [1.29, 1.82) is 0 Å². The lowest BCUT2D eigenvalue weighted by atomic mass is 10.1. The van der Waals surface area contributed by atoms with Crippen LogP contribution in [-0.2, 0) is 14.8 Å². The van der Waals surface area contributed by atoms with E-state index in [2.05, 4.69) is 18.6 Å². The number of hydrogen-bond donors (Lipinski definition) is 1. The van der Waals surface area contributed by atoms with Crippen molar-refractivity contribution in [1.82, 2.24) is 4.72 Å². The topological polar surface area (TPSA) is 55.4 Å². The maximum Gasteiger partial charge on any atom is 0.240 e. The lowest BCUT2D eigenvalue weighted by Gasteiger charge is -2.10. The van der Waals surface area contributed by atoms with E-state index in [0.29, 0.717) is 30.6 Å². The first-order chi connectivity index (χ1) is 8.93. The van der Waals surface area contributed by atoms with Gasteiger partial charge in [0, 0.05) is 13.2 Å². The smallest absolute Gasteiger partial charge is 0.240 e. The van der Waals surface area contributed by atoms with E-state index in [1.54, 1.807) is 25.1 Å². The number of benzene rings is 1. The number of rotatable bonds is 8. The minimum absolute atomic E-state index is 0.300. The van der Waals surface area contributed by atoms with Gasteiger partial charge in [0.05, 0.1) is 11.5 Å². The standard InChI is InChI=1S/C14H23NO3S/c1-12(2)8-10-18-11-9-15-19(16,17)14-7-5-4-6-13(14)3/h4-7,12,15H,8-11H2,1-3H3. The summed E-state index contributed by atoms with van der Waals surface area (Å²) in [4.78, 5) is 0.331. The molecule has 108 valence electrons. The second-order valence-corrected chi connectivity index (χ2v) is 6.69. The molecule has 0 spiro atoms. The largest absolute Gasteiger partial charge is 0.380 e. The Labute approximate surface area is 116 Å². The fourth-order valence-corrected chi connectivity index (χ4v) is 2.86. The zero-order chi connectivity index (χ0) is 14.3. The van der Waals surface area contributed by atoms with E-state index in [4.69, 9.17) is 4.74 Å². The summed E-state index contributed by atoms with van der Waals surface area (Å²) in [6, 6.07) is 6.94. The van der Waals surface area contributed by atoms with Crippen molar-refractivity contribution >= 4 is 10.0 Å². The first kappa shape index (κ1) is 16.1. The van der Waals surface area contributed by atoms with Gasteiger partial charge in [-0.25, -0.2) is 13.1 Å². The van der Waals surface area contributed by atoms with Crippen molar-refractivity contribution in [3.63, 3.8) is 0 Å². The molecule has 0 amide bonds. The molecular weight excluding hydrogens is 262 g/mol. The molecule has 0 saturated heterocycles. The van der Waals surface area contributed by atoms with Crippen LogP contribution in [0.5, 0.6) is 0 Å². The second-order valence-electron chi connectivity index (χ2n) is 4.96. The molecule has 0 unspecified atom stereocenters. The Morgan fingerprint density at radius 1 is 1.21 bits per heavy atom. The van der Waals surface area contributed by atoms with E-state index in [0.717, 1.165) is 12.0 Å². The zero-order valence-corrected chi connectivity index (χ0v) is 12.7. The van der Waals surface area contributed by atoms with Crippen LogP contribution in [0, 0.1) is 12.8 Å². The van der Waals surface area contributed by atoms with Gasteiger partial charge < -0.3 is 4.74 Å². The Balaban J connectivity index is 2.38. The molecule has 1 N–H and O–H groups in total. The van der Waals surface area contributed by atoms with E-state index < -0.39 is 10.0 Å². The molecule has 0 aliphatic rings. The lowest BCUT2D eigenvalue weighted by molar-refractivity contribution is 0.128. The van der Waals surface area contributed by atoms with E-state index in [9.17, 15) is 8.42 Å². The molecule has 1 aromatic carbocycles. The fraction of sp³-hybridized carbons (Fsp3) is 0.571. The Bertz CT molecular complexity index is 483. The average molecular weight is 285 g/mol. The summed E-state index contributed by atoms with van der Waals surface area (Å²) in [6.45, 7) is 7.42. The highest BCUT2D eigenvalue weighted by Gasteiger charge is 2.14. The molecule has 0 aliphatic carbocycles. The van der Waals surface area contributed by atoms with Gasteiger partial charge in [-0.3, -0.25) is 0 Å². The van der Waals surface area contributed by atoms with Gasteiger partial charge in [0.15, 0.2) is 0 Å². The quantitative estimate of drug-likeness (QED) is 0.746. The molecule has 1 aromatic rings. The number of ether oxygens (including phenoxy) is 1. The monoisotopic (exact) mass is 285 g/mol. The van der Waals surface area contributed by atoms with E-state index in [1.165, 1.54) is 0 Å². The van der Waals surface area contributed by atoms with Gasteiger partial charge in [0.1, 0.15) is 0 Å². The van der Waals surface area contributed by atoms with E-state index in [1.807, 2.05) is 6.07 Å². The molecule has 1 rings (SSSR count). The maximum atomic E-state index is 12.0. The lowest BCUT2D eigenvalue weighted by Crippen LogP contribution is -2.28. The summed E-state index contributed by atoms with van der Waals surface area (Å²) >= 11 is 0. The first-order valence-electron chi connectivity index (χ1n) is 6.56. The molecular formula is C14H23NO3S. The van der Waals surface area contributed by atoms with Crippen LogP contribution in [0.3, 0.4) is 0 Å². The van der Waals surface area contributed by atoms with Crippen molar-refractivity contribution in [2.24, 2.45) is 5.92 Å². The van der Waals surface area contributed by atoms with Gasteiger partial charge in [0.2, 0.25) is 10.0 Å². The highest BCUT2D eigenvalue weighted by Crippen LogP contribution is 2.13.